The Morgan fingerprint density at radius 3 is 2.69 bits per heavy atom. The van der Waals surface area contributed by atoms with Gasteiger partial charge in [0.15, 0.2) is 0 Å². The molecule has 0 bridgehead atoms. The fourth-order valence-electron chi connectivity index (χ4n) is 1.52. The average Bonchev–Trinajstić information content (AvgIpc) is 2.29. The number of aryl methyl sites for hydroxylation is 1. The molecular weight excluding hydrogens is 220 g/mol. The Labute approximate surface area is 99.9 Å². The van der Waals surface area contributed by atoms with Gasteiger partial charge in [-0.2, -0.15) is 0 Å². The highest BCUT2D eigenvalue weighted by molar-refractivity contribution is 5.98. The molecule has 1 aromatic rings. The lowest BCUT2D eigenvalue weighted by atomic mass is 10.1. The number of benzene rings is 1. The van der Waals surface area contributed by atoms with Gasteiger partial charge in [-0.1, -0.05) is 25.1 Å². The van der Waals surface area contributed by atoms with Crippen LogP contribution in [0.4, 0.5) is 0 Å². The molecule has 0 spiro atoms. The molecule has 0 aliphatic carbocycles. The molecule has 0 aromatic heterocycles. The summed E-state index contributed by atoms with van der Waals surface area (Å²) in [5.74, 6) is 0.291. The van der Waals surface area contributed by atoms with Gasteiger partial charge in [0, 0.05) is 5.56 Å². The summed E-state index contributed by atoms with van der Waals surface area (Å²) in [5, 5.41) is 9.89. The van der Waals surface area contributed by atoms with Gasteiger partial charge in [0.25, 0.3) is 0 Å². The maximum absolute atomic E-state index is 9.89. The maximum atomic E-state index is 9.89. The van der Waals surface area contributed by atoms with Crippen LogP contribution >= 0.6 is 0 Å². The van der Waals surface area contributed by atoms with Crippen LogP contribution in [0.3, 0.4) is 0 Å². The largest absolute Gasteiger partial charge is 0.507 e. The standard InChI is InChI=1S/C12H17O3Si/c1-4-11(15-16)14-9(3)10-7-5-6-8(2)12(10)13/h5-7,9,11,13H,4H2,1-3H3. The van der Waals surface area contributed by atoms with Gasteiger partial charge in [0.2, 0.25) is 10.5 Å². The lowest BCUT2D eigenvalue weighted by Gasteiger charge is -2.21. The van der Waals surface area contributed by atoms with Crippen molar-refractivity contribution in [3.8, 4) is 5.75 Å². The third kappa shape index (κ3) is 3.07. The lowest BCUT2D eigenvalue weighted by molar-refractivity contribution is -0.114. The number of para-hydroxylation sites is 1. The zero-order chi connectivity index (χ0) is 12.1. The summed E-state index contributed by atoms with van der Waals surface area (Å²) in [7, 11) is 2.97. The molecule has 1 rings (SSSR count). The first-order valence-corrected chi connectivity index (χ1v) is 5.77. The van der Waals surface area contributed by atoms with Gasteiger partial charge in [-0.05, 0) is 25.8 Å². The molecule has 1 N–H and O–H groups in total. The van der Waals surface area contributed by atoms with E-state index in [1.54, 1.807) is 0 Å². The Kier molecular flexibility index (Phi) is 4.98. The monoisotopic (exact) mass is 237 g/mol. The minimum Gasteiger partial charge on any atom is -0.507 e. The Hall–Kier alpha value is -0.843. The molecule has 0 aliphatic rings. The Bertz CT molecular complexity index is 337. The fraction of sp³-hybridized carbons (Fsp3) is 0.500. The van der Waals surface area contributed by atoms with Crippen molar-refractivity contribution in [2.24, 2.45) is 0 Å². The summed E-state index contributed by atoms with van der Waals surface area (Å²) < 4.78 is 10.6. The van der Waals surface area contributed by atoms with E-state index in [0.717, 1.165) is 17.5 Å². The predicted octanol–water partition coefficient (Wildman–Crippen LogP) is 2.61. The van der Waals surface area contributed by atoms with Crippen LogP contribution < -0.4 is 0 Å². The van der Waals surface area contributed by atoms with Gasteiger partial charge < -0.3 is 14.3 Å². The highest BCUT2D eigenvalue weighted by Gasteiger charge is 2.16. The number of hydrogen-bond donors (Lipinski definition) is 1. The van der Waals surface area contributed by atoms with E-state index in [0.29, 0.717) is 5.75 Å². The van der Waals surface area contributed by atoms with Crippen LogP contribution in [-0.2, 0) is 9.16 Å². The van der Waals surface area contributed by atoms with E-state index in [1.165, 1.54) is 0 Å². The third-order valence-corrected chi connectivity index (χ3v) is 2.79. The Morgan fingerprint density at radius 2 is 2.12 bits per heavy atom. The van der Waals surface area contributed by atoms with Gasteiger partial charge in [0.05, 0.1) is 6.10 Å². The number of hydrogen-bond acceptors (Lipinski definition) is 3. The molecule has 2 atom stereocenters. The summed E-state index contributed by atoms with van der Waals surface area (Å²) >= 11 is 0. The molecule has 1 aromatic carbocycles. The highest BCUT2D eigenvalue weighted by atomic mass is 28.2. The van der Waals surface area contributed by atoms with Crippen LogP contribution in [0.2, 0.25) is 0 Å². The molecule has 3 nitrogen and oxygen atoms in total. The molecule has 4 heteroatoms. The van der Waals surface area contributed by atoms with Crippen LogP contribution in [0, 0.1) is 6.92 Å². The van der Waals surface area contributed by atoms with Gasteiger partial charge in [-0.25, -0.2) is 0 Å². The van der Waals surface area contributed by atoms with Crippen LogP contribution in [0.1, 0.15) is 37.5 Å². The van der Waals surface area contributed by atoms with Gasteiger partial charge in [0.1, 0.15) is 12.0 Å². The van der Waals surface area contributed by atoms with Crippen molar-refractivity contribution in [3.05, 3.63) is 29.3 Å². The van der Waals surface area contributed by atoms with Crippen molar-refractivity contribution in [2.75, 3.05) is 0 Å². The Balaban J connectivity index is 2.80. The van der Waals surface area contributed by atoms with Crippen molar-refractivity contribution in [2.45, 2.75) is 39.6 Å². The number of rotatable bonds is 5. The first kappa shape index (κ1) is 13.2. The molecule has 16 heavy (non-hydrogen) atoms. The molecule has 87 valence electrons. The molecule has 3 radical (unpaired) electrons. The highest BCUT2D eigenvalue weighted by Crippen LogP contribution is 2.30. The van der Waals surface area contributed by atoms with E-state index < -0.39 is 0 Å². The zero-order valence-corrected chi connectivity index (χ0v) is 10.9. The minimum atomic E-state index is -0.313. The average molecular weight is 237 g/mol. The summed E-state index contributed by atoms with van der Waals surface area (Å²) in [6.45, 7) is 5.72. The second kappa shape index (κ2) is 6.03. The lowest BCUT2D eigenvalue weighted by Crippen LogP contribution is -2.17. The van der Waals surface area contributed by atoms with E-state index in [-0.39, 0.29) is 12.4 Å². The summed E-state index contributed by atoms with van der Waals surface area (Å²) in [6.07, 6.45) is 0.216. The third-order valence-electron chi connectivity index (χ3n) is 2.53. The zero-order valence-electron chi connectivity index (χ0n) is 9.86. The van der Waals surface area contributed by atoms with E-state index in [2.05, 4.69) is 10.5 Å². The minimum absolute atomic E-state index is 0.207. The predicted molar refractivity (Wildman–Crippen MR) is 63.3 cm³/mol. The quantitative estimate of drug-likeness (QED) is 0.632. The van der Waals surface area contributed by atoms with E-state index >= 15 is 0 Å². The number of phenolic OH excluding ortho intramolecular Hbond substituents is 1. The second-order valence-corrected chi connectivity index (χ2v) is 3.98. The van der Waals surface area contributed by atoms with Crippen molar-refractivity contribution >= 4 is 10.5 Å². The molecule has 2 unspecified atom stereocenters. The number of aromatic hydroxyl groups is 1. The van der Waals surface area contributed by atoms with E-state index in [4.69, 9.17) is 9.16 Å². The molecule has 0 amide bonds. The van der Waals surface area contributed by atoms with Crippen LogP contribution in [0.15, 0.2) is 18.2 Å². The van der Waals surface area contributed by atoms with Crippen LogP contribution in [0.5, 0.6) is 5.75 Å². The van der Waals surface area contributed by atoms with Crippen molar-refractivity contribution < 1.29 is 14.3 Å². The van der Waals surface area contributed by atoms with Gasteiger partial charge in [-0.15, -0.1) is 0 Å². The summed E-state index contributed by atoms with van der Waals surface area (Å²) in [6, 6.07) is 5.62. The first-order chi connectivity index (χ1) is 7.60. The normalized spacial score (nSPS) is 14.8. The van der Waals surface area contributed by atoms with Crippen LogP contribution in [0.25, 0.3) is 0 Å². The number of phenols is 1. The SMILES string of the molecule is CCC(O[Si])OC(C)c1cccc(C)c1O. The van der Waals surface area contributed by atoms with Crippen molar-refractivity contribution in [3.63, 3.8) is 0 Å². The molecular formula is C12H17O3Si. The van der Waals surface area contributed by atoms with Gasteiger partial charge >= 0.3 is 0 Å². The topological polar surface area (TPSA) is 38.7 Å². The summed E-state index contributed by atoms with van der Waals surface area (Å²) in [4.78, 5) is 0. The van der Waals surface area contributed by atoms with E-state index in [1.807, 2.05) is 39.0 Å². The van der Waals surface area contributed by atoms with E-state index in [9.17, 15) is 5.11 Å². The molecule has 0 heterocycles. The first-order valence-electron chi connectivity index (χ1n) is 5.36. The molecule has 0 saturated carbocycles. The smallest absolute Gasteiger partial charge is 0.249 e. The molecule has 0 fully saturated rings. The molecule has 0 aliphatic heterocycles. The van der Waals surface area contributed by atoms with Gasteiger partial charge in [-0.3, -0.25) is 0 Å². The second-order valence-electron chi connectivity index (χ2n) is 3.75. The Morgan fingerprint density at radius 1 is 1.44 bits per heavy atom. The van der Waals surface area contributed by atoms with Crippen LogP contribution in [-0.4, -0.2) is 21.9 Å². The maximum Gasteiger partial charge on any atom is 0.249 e. The fourth-order valence-corrected chi connectivity index (χ4v) is 1.74. The van der Waals surface area contributed by atoms with Crippen molar-refractivity contribution in [1.29, 1.82) is 0 Å². The summed E-state index contributed by atoms with van der Waals surface area (Å²) in [5.41, 5.74) is 1.63. The van der Waals surface area contributed by atoms with Crippen molar-refractivity contribution in [1.82, 2.24) is 0 Å². The molecule has 0 saturated heterocycles. The number of ether oxygens (including phenoxy) is 1.